The van der Waals surface area contributed by atoms with Crippen LogP contribution in [0.3, 0.4) is 0 Å². The number of H-pyrrole nitrogens is 4. The summed E-state index contributed by atoms with van der Waals surface area (Å²) in [5, 5.41) is 32.8. The molecule has 16 N–H and O–H groups in total. The molecule has 0 saturated heterocycles. The molecule has 4 aliphatic rings. The summed E-state index contributed by atoms with van der Waals surface area (Å²) < 4.78 is 0. The molecule has 4 aromatic heterocycles. The molecular weight excluding hydrogens is 1340 g/mol. The van der Waals surface area contributed by atoms with E-state index < -0.39 is 0 Å². The number of carbonyl (C=O) groups is 8. The van der Waals surface area contributed by atoms with Gasteiger partial charge in [0.2, 0.25) is 47.4 Å². The molecule has 32 nitrogen and oxygen atoms in total. The Bertz CT molecular complexity index is 3060. The van der Waals surface area contributed by atoms with E-state index in [0.29, 0.717) is 48.5 Å². The fourth-order valence-electron chi connectivity index (χ4n) is 11.3. The number of nitrogens with zero attached hydrogens (tertiary/aromatic N) is 4. The first kappa shape index (κ1) is 92.5. The van der Waals surface area contributed by atoms with Gasteiger partial charge in [0.05, 0.1) is 0 Å². The third-order valence-electron chi connectivity index (χ3n) is 16.7. The Kier molecular flexibility index (Phi) is 44.4. The monoisotopic (exact) mass is 1460 g/mol. The summed E-state index contributed by atoms with van der Waals surface area (Å²) in [6.07, 6.45) is 24.2. The summed E-state index contributed by atoms with van der Waals surface area (Å²) >= 11 is 0. The van der Waals surface area contributed by atoms with Crippen molar-refractivity contribution in [2.24, 2.45) is 0 Å². The van der Waals surface area contributed by atoms with E-state index in [-0.39, 0.29) is 116 Å². The van der Waals surface area contributed by atoms with Crippen LogP contribution in [-0.4, -0.2) is 136 Å². The van der Waals surface area contributed by atoms with E-state index in [1.165, 1.54) is 49.9 Å². The fourth-order valence-corrected chi connectivity index (χ4v) is 11.3. The molecule has 4 fully saturated rings. The number of anilines is 4. The molecule has 0 aromatic carbocycles. The van der Waals surface area contributed by atoms with Crippen LogP contribution in [0.1, 0.15) is 260 Å². The number of hydrogen-bond donors (Lipinski definition) is 16. The maximum Gasteiger partial charge on any atom is 0.321 e. The predicted molar refractivity (Wildman–Crippen MR) is 409 cm³/mol. The SMILES string of the molecule is CCNC(=O)CC.CCNC(=O)CC.CCNC(=O)CC.CCNC(=O)CC.Cc1cc(=O)[nH]c(NC(=O)NC2(C)CCCCC2)n1.Cc1cc(=O)[nH]c(NC(=O)NC2(C)CCCCC2)n1.Cc1cc(=O)[nH]c(NC(=O)NC2(C)CCCCC2)n1.Cc1cc(=O)[nH]c(NC(=O)NC2(C)CCCCC2)n1. The van der Waals surface area contributed by atoms with Crippen molar-refractivity contribution < 1.29 is 38.4 Å². The Balaban J connectivity index is 0.000000618. The molecule has 4 aromatic rings. The zero-order chi connectivity index (χ0) is 78.3. The number of urea groups is 4. The largest absolute Gasteiger partial charge is 0.356 e. The molecule has 584 valence electrons. The first-order valence-electron chi connectivity index (χ1n) is 36.9. The summed E-state index contributed by atoms with van der Waals surface area (Å²) in [6, 6.07) is 4.24. The van der Waals surface area contributed by atoms with Crippen molar-refractivity contribution in [3.63, 3.8) is 0 Å². The molecule has 32 heteroatoms. The summed E-state index contributed by atoms with van der Waals surface area (Å²) in [6.45, 7) is 33.0. The molecule has 12 amide bonds. The minimum atomic E-state index is -0.321. The molecule has 0 atom stereocenters. The van der Waals surface area contributed by atoms with Crippen LogP contribution in [0, 0.1) is 27.7 Å². The second-order valence-corrected chi connectivity index (χ2v) is 27.0. The molecule has 0 radical (unpaired) electrons. The van der Waals surface area contributed by atoms with Crippen molar-refractivity contribution >= 4 is 71.5 Å². The standard InChI is InChI=1S/4C13H20N4O2.4C5H11NO/c4*1-9-8-10(18)15-11(14-9)16-12(19)17-13(2)6-4-3-5-7-13;4*1-3-5(7)6-4-2/h4*8H,3-7H2,1-2H3,(H3,14,15,16,17,18,19);4*3-4H2,1-2H3,(H,6,7). The number of aromatic amines is 4. The van der Waals surface area contributed by atoms with Gasteiger partial charge in [-0.25, -0.2) is 39.1 Å². The van der Waals surface area contributed by atoms with Gasteiger partial charge in [-0.15, -0.1) is 0 Å². The zero-order valence-electron chi connectivity index (χ0n) is 64.8. The average Bonchev–Trinajstić information content (AvgIpc) is 0.869. The minimum Gasteiger partial charge on any atom is -0.356 e. The highest BCUT2D eigenvalue weighted by Crippen LogP contribution is 2.30. The molecule has 0 spiro atoms. The Morgan fingerprint density at radius 1 is 0.308 bits per heavy atom. The van der Waals surface area contributed by atoms with Crippen molar-refractivity contribution in [1.82, 2.24) is 82.4 Å². The molecule has 8 rings (SSSR count). The molecular formula is C72H124N20O12. The van der Waals surface area contributed by atoms with Crippen LogP contribution in [0.2, 0.25) is 0 Å². The van der Waals surface area contributed by atoms with Gasteiger partial charge in [-0.2, -0.15) is 0 Å². The van der Waals surface area contributed by atoms with Gasteiger partial charge < -0.3 is 42.5 Å². The molecule has 4 saturated carbocycles. The van der Waals surface area contributed by atoms with E-state index in [4.69, 9.17) is 0 Å². The Hall–Kier alpha value is -9.52. The number of hydrogen-bond acceptors (Lipinski definition) is 16. The molecule has 0 unspecified atom stereocenters. The molecule has 0 aliphatic heterocycles. The lowest BCUT2D eigenvalue weighted by Gasteiger charge is -2.34. The molecule has 104 heavy (non-hydrogen) atoms. The van der Waals surface area contributed by atoms with Gasteiger partial charge in [0.15, 0.2) is 0 Å². The van der Waals surface area contributed by atoms with E-state index in [9.17, 15) is 57.5 Å². The third-order valence-corrected chi connectivity index (χ3v) is 16.7. The normalized spacial score (nSPS) is 15.2. The van der Waals surface area contributed by atoms with Crippen molar-refractivity contribution in [3.05, 3.63) is 88.5 Å². The number of amides is 12. The van der Waals surface area contributed by atoms with Gasteiger partial charge in [-0.05, 0) is 134 Å². The first-order chi connectivity index (χ1) is 49.1. The number of rotatable bonds is 16. The van der Waals surface area contributed by atoms with Gasteiger partial charge >= 0.3 is 24.1 Å². The highest BCUT2D eigenvalue weighted by molar-refractivity contribution is 5.89. The van der Waals surface area contributed by atoms with E-state index in [0.717, 1.165) is 129 Å². The lowest BCUT2D eigenvalue weighted by molar-refractivity contribution is -0.121. The Morgan fingerprint density at radius 2 is 0.471 bits per heavy atom. The summed E-state index contributed by atoms with van der Waals surface area (Å²) in [5.41, 5.74) is 0.561. The number of carbonyl (C=O) groups excluding carboxylic acids is 8. The highest BCUT2D eigenvalue weighted by Gasteiger charge is 2.32. The maximum atomic E-state index is 11.9. The predicted octanol–water partition coefficient (Wildman–Crippen LogP) is 9.82. The van der Waals surface area contributed by atoms with Crippen molar-refractivity contribution in [2.75, 3.05) is 47.4 Å². The quantitative estimate of drug-likeness (QED) is 0.0496. The van der Waals surface area contributed by atoms with Crippen LogP contribution >= 0.6 is 0 Å². The first-order valence-corrected chi connectivity index (χ1v) is 36.9. The van der Waals surface area contributed by atoms with Crippen LogP contribution in [0.15, 0.2) is 43.4 Å². The van der Waals surface area contributed by atoms with Gasteiger partial charge in [0.25, 0.3) is 22.2 Å². The third kappa shape index (κ3) is 42.8. The summed E-state index contributed by atoms with van der Waals surface area (Å²) in [5.74, 6) is 1.24. The molecule has 0 bridgehead atoms. The molecule has 4 heterocycles. The fraction of sp³-hybridized carbons (Fsp3) is 0.667. The van der Waals surface area contributed by atoms with E-state index in [1.807, 2.05) is 55.4 Å². The lowest BCUT2D eigenvalue weighted by Crippen LogP contribution is -2.49. The van der Waals surface area contributed by atoms with E-state index >= 15 is 0 Å². The number of aryl methyl sites for hydroxylation is 4. The van der Waals surface area contributed by atoms with Gasteiger partial charge in [0.1, 0.15) is 0 Å². The van der Waals surface area contributed by atoms with Crippen molar-refractivity contribution in [1.29, 1.82) is 0 Å². The van der Waals surface area contributed by atoms with Gasteiger partial charge in [0, 0.05) is 121 Å². The zero-order valence-corrected chi connectivity index (χ0v) is 64.8. The number of aromatic nitrogens is 8. The van der Waals surface area contributed by atoms with Gasteiger partial charge in [-0.1, -0.05) is 105 Å². The van der Waals surface area contributed by atoms with Crippen LogP contribution in [-0.2, 0) is 19.2 Å². The summed E-state index contributed by atoms with van der Waals surface area (Å²) in [7, 11) is 0. The topological polar surface area (TPSA) is 464 Å². The van der Waals surface area contributed by atoms with Crippen LogP contribution in [0.4, 0.5) is 43.0 Å². The second-order valence-electron chi connectivity index (χ2n) is 27.0. The van der Waals surface area contributed by atoms with Crippen LogP contribution < -0.4 is 86.0 Å². The van der Waals surface area contributed by atoms with Gasteiger partial charge in [-0.3, -0.25) is 79.6 Å². The van der Waals surface area contributed by atoms with Crippen LogP contribution in [0.25, 0.3) is 0 Å². The van der Waals surface area contributed by atoms with Crippen LogP contribution in [0.5, 0.6) is 0 Å². The average molecular weight is 1460 g/mol. The van der Waals surface area contributed by atoms with Crippen molar-refractivity contribution in [2.45, 2.75) is 287 Å². The lowest BCUT2D eigenvalue weighted by atomic mass is 9.83. The smallest absolute Gasteiger partial charge is 0.321 e. The second kappa shape index (κ2) is 50.0. The van der Waals surface area contributed by atoms with Crippen molar-refractivity contribution in [3.8, 4) is 0 Å². The maximum absolute atomic E-state index is 11.9. The Morgan fingerprint density at radius 3 is 0.596 bits per heavy atom. The summed E-state index contributed by atoms with van der Waals surface area (Å²) in [4.78, 5) is 160. The highest BCUT2D eigenvalue weighted by atomic mass is 16.2. The van der Waals surface area contributed by atoms with E-state index in [2.05, 4.69) is 131 Å². The molecule has 4 aliphatic carbocycles. The van der Waals surface area contributed by atoms with E-state index in [1.54, 1.807) is 27.7 Å². The number of nitrogens with one attached hydrogen (secondary N) is 16. The Labute approximate surface area is 612 Å². The minimum absolute atomic E-state index is 0.127.